The molecule has 18 heavy (non-hydrogen) atoms. The van der Waals surface area contributed by atoms with Crippen molar-refractivity contribution in [3.63, 3.8) is 0 Å². The zero-order valence-electron chi connectivity index (χ0n) is 9.70. The minimum atomic E-state index is -0.611. The molecule has 0 spiro atoms. The predicted octanol–water partition coefficient (Wildman–Crippen LogP) is 2.60. The smallest absolute Gasteiger partial charge is 0.271 e. The predicted molar refractivity (Wildman–Crippen MR) is 72.1 cm³/mol. The van der Waals surface area contributed by atoms with E-state index in [-0.39, 0.29) is 16.5 Å². The molecule has 0 unspecified atom stereocenters. The van der Waals surface area contributed by atoms with Crippen LogP contribution in [0, 0.1) is 15.9 Å². The second-order valence-corrected chi connectivity index (χ2v) is 4.09. The Balaban J connectivity index is 2.77. The van der Waals surface area contributed by atoms with Gasteiger partial charge in [0.15, 0.2) is 5.11 Å². The maximum Gasteiger partial charge on any atom is 0.271 e. The number of non-ortho nitro benzene ring substituents is 1. The molecule has 0 radical (unpaired) electrons. The number of anilines is 1. The van der Waals surface area contributed by atoms with Gasteiger partial charge in [-0.05, 0) is 25.2 Å². The zero-order chi connectivity index (χ0) is 13.7. The highest BCUT2D eigenvalue weighted by molar-refractivity contribution is 7.80. The number of hydrogen-bond acceptors (Lipinski definition) is 3. The Morgan fingerprint density at radius 2 is 2.28 bits per heavy atom. The van der Waals surface area contributed by atoms with Gasteiger partial charge in [-0.15, -0.1) is 0 Å². The van der Waals surface area contributed by atoms with Crippen LogP contribution in [0.25, 0.3) is 0 Å². The average Bonchev–Trinajstić information content (AvgIpc) is 2.29. The second kappa shape index (κ2) is 6.06. The van der Waals surface area contributed by atoms with E-state index in [1.54, 1.807) is 0 Å². The molecule has 0 heterocycles. The molecule has 1 rings (SSSR count). The molecule has 0 aliphatic carbocycles. The minimum absolute atomic E-state index is 0.0385. The molecule has 96 valence electrons. The Morgan fingerprint density at radius 3 is 2.83 bits per heavy atom. The number of nitro groups is 1. The van der Waals surface area contributed by atoms with Crippen LogP contribution < -0.4 is 10.6 Å². The lowest BCUT2D eigenvalue weighted by Crippen LogP contribution is -2.29. The monoisotopic (exact) mass is 269 g/mol. The lowest BCUT2D eigenvalue weighted by atomic mass is 10.2. The Morgan fingerprint density at radius 1 is 1.61 bits per heavy atom. The van der Waals surface area contributed by atoms with Crippen LogP contribution in [-0.4, -0.2) is 16.6 Å². The quantitative estimate of drug-likeness (QED) is 0.380. The van der Waals surface area contributed by atoms with Crippen LogP contribution in [0.5, 0.6) is 0 Å². The average molecular weight is 269 g/mol. The van der Waals surface area contributed by atoms with E-state index < -0.39 is 10.7 Å². The molecule has 0 aromatic heterocycles. The van der Waals surface area contributed by atoms with Gasteiger partial charge >= 0.3 is 0 Å². The van der Waals surface area contributed by atoms with E-state index in [0.29, 0.717) is 6.54 Å². The lowest BCUT2D eigenvalue weighted by molar-refractivity contribution is -0.384. The standard InChI is InChI=1S/C11H12FN3O2S/c1-7(2)6-13-11(18)14-10-5-8(15(16)17)3-4-9(10)12/h3-5H,1,6H2,2H3,(H2,13,14,18). The molecule has 0 saturated heterocycles. The van der Waals surface area contributed by atoms with Gasteiger partial charge < -0.3 is 10.6 Å². The molecule has 2 N–H and O–H groups in total. The highest BCUT2D eigenvalue weighted by Crippen LogP contribution is 2.20. The van der Waals surface area contributed by atoms with Gasteiger partial charge in [-0.25, -0.2) is 4.39 Å². The minimum Gasteiger partial charge on any atom is -0.359 e. The maximum absolute atomic E-state index is 13.4. The second-order valence-electron chi connectivity index (χ2n) is 3.69. The van der Waals surface area contributed by atoms with E-state index in [0.717, 1.165) is 23.8 Å². The van der Waals surface area contributed by atoms with Crippen molar-refractivity contribution in [3.8, 4) is 0 Å². The van der Waals surface area contributed by atoms with Crippen LogP contribution in [0.2, 0.25) is 0 Å². The van der Waals surface area contributed by atoms with E-state index in [4.69, 9.17) is 12.2 Å². The first-order valence-corrected chi connectivity index (χ1v) is 5.44. The van der Waals surface area contributed by atoms with Gasteiger partial charge in [-0.2, -0.15) is 0 Å². The van der Waals surface area contributed by atoms with Crippen molar-refractivity contribution in [1.29, 1.82) is 0 Å². The SMILES string of the molecule is C=C(C)CNC(=S)Nc1cc([N+](=O)[O-])ccc1F. The molecule has 7 heteroatoms. The van der Waals surface area contributed by atoms with Crippen LogP contribution in [0.1, 0.15) is 6.92 Å². The highest BCUT2D eigenvalue weighted by atomic mass is 32.1. The number of thiocarbonyl (C=S) groups is 1. The molecule has 0 atom stereocenters. The van der Waals surface area contributed by atoms with Gasteiger partial charge in [-0.1, -0.05) is 12.2 Å². The van der Waals surface area contributed by atoms with Gasteiger partial charge in [-0.3, -0.25) is 10.1 Å². The summed E-state index contributed by atoms with van der Waals surface area (Å²) in [6, 6.07) is 3.19. The zero-order valence-corrected chi connectivity index (χ0v) is 10.5. The summed E-state index contributed by atoms with van der Waals surface area (Å²) in [5, 5.41) is 16.1. The molecular formula is C11H12FN3O2S. The van der Waals surface area contributed by atoms with E-state index in [9.17, 15) is 14.5 Å². The Hall–Kier alpha value is -2.02. The van der Waals surface area contributed by atoms with Crippen LogP contribution in [0.3, 0.4) is 0 Å². The highest BCUT2D eigenvalue weighted by Gasteiger charge is 2.11. The molecule has 0 aliphatic rings. The fourth-order valence-electron chi connectivity index (χ4n) is 1.12. The van der Waals surface area contributed by atoms with Crippen molar-refractivity contribution >= 4 is 28.7 Å². The first kappa shape index (κ1) is 14.0. The van der Waals surface area contributed by atoms with E-state index in [1.165, 1.54) is 0 Å². The van der Waals surface area contributed by atoms with Gasteiger partial charge in [0.2, 0.25) is 0 Å². The topological polar surface area (TPSA) is 67.2 Å². The van der Waals surface area contributed by atoms with Crippen molar-refractivity contribution in [2.45, 2.75) is 6.92 Å². The van der Waals surface area contributed by atoms with Crippen molar-refractivity contribution in [2.24, 2.45) is 0 Å². The largest absolute Gasteiger partial charge is 0.359 e. The van der Waals surface area contributed by atoms with Crippen molar-refractivity contribution < 1.29 is 9.31 Å². The van der Waals surface area contributed by atoms with Crippen LogP contribution in [0.4, 0.5) is 15.8 Å². The third-order valence-electron chi connectivity index (χ3n) is 1.96. The van der Waals surface area contributed by atoms with Gasteiger partial charge in [0, 0.05) is 18.7 Å². The van der Waals surface area contributed by atoms with E-state index in [1.807, 2.05) is 6.92 Å². The normalized spacial score (nSPS) is 9.67. The number of nitro benzene ring substituents is 1. The summed E-state index contributed by atoms with van der Waals surface area (Å²) in [7, 11) is 0. The summed E-state index contributed by atoms with van der Waals surface area (Å²) in [5.74, 6) is -0.611. The molecule has 1 aromatic carbocycles. The van der Waals surface area contributed by atoms with Crippen LogP contribution in [-0.2, 0) is 0 Å². The molecule has 0 fully saturated rings. The van der Waals surface area contributed by atoms with Crippen molar-refractivity contribution in [1.82, 2.24) is 5.32 Å². The van der Waals surface area contributed by atoms with Crippen LogP contribution in [0.15, 0.2) is 30.4 Å². The summed E-state index contributed by atoms with van der Waals surface area (Å²) in [6.07, 6.45) is 0. The Bertz CT molecular complexity index is 505. The summed E-state index contributed by atoms with van der Waals surface area (Å²) in [6.45, 7) is 5.93. The maximum atomic E-state index is 13.4. The van der Waals surface area contributed by atoms with E-state index >= 15 is 0 Å². The molecular weight excluding hydrogens is 257 g/mol. The van der Waals surface area contributed by atoms with Crippen molar-refractivity contribution in [3.05, 3.63) is 46.3 Å². The van der Waals surface area contributed by atoms with E-state index in [2.05, 4.69) is 17.2 Å². The molecule has 5 nitrogen and oxygen atoms in total. The molecule has 0 aliphatic heterocycles. The first-order valence-electron chi connectivity index (χ1n) is 5.03. The number of nitrogens with one attached hydrogen (secondary N) is 2. The summed E-state index contributed by atoms with van der Waals surface area (Å²) in [4.78, 5) is 9.96. The fourth-order valence-corrected chi connectivity index (χ4v) is 1.30. The van der Waals surface area contributed by atoms with Gasteiger partial charge in [0.1, 0.15) is 5.82 Å². The van der Waals surface area contributed by atoms with Crippen LogP contribution >= 0.6 is 12.2 Å². The Labute approximate surface area is 109 Å². The van der Waals surface area contributed by atoms with Crippen molar-refractivity contribution in [2.75, 3.05) is 11.9 Å². The van der Waals surface area contributed by atoms with Gasteiger partial charge in [0.05, 0.1) is 10.6 Å². The first-order chi connectivity index (χ1) is 8.40. The number of hydrogen-bond donors (Lipinski definition) is 2. The Kier molecular flexibility index (Phi) is 4.73. The molecule has 1 aromatic rings. The third-order valence-corrected chi connectivity index (χ3v) is 2.21. The molecule has 0 saturated carbocycles. The third kappa shape index (κ3) is 4.10. The summed E-state index contributed by atoms with van der Waals surface area (Å²) < 4.78 is 13.4. The fraction of sp³-hybridized carbons (Fsp3) is 0.182. The van der Waals surface area contributed by atoms with Gasteiger partial charge in [0.25, 0.3) is 5.69 Å². The number of rotatable bonds is 4. The number of nitrogens with zero attached hydrogens (tertiary/aromatic N) is 1. The summed E-state index contributed by atoms with van der Waals surface area (Å²) >= 11 is 4.92. The lowest BCUT2D eigenvalue weighted by Gasteiger charge is -2.10. The number of benzene rings is 1. The molecule has 0 amide bonds. The molecule has 0 bridgehead atoms. The number of halogens is 1. The summed E-state index contributed by atoms with van der Waals surface area (Å²) in [5.41, 5.74) is 0.615.